The van der Waals surface area contributed by atoms with Crippen LogP contribution in [0.3, 0.4) is 0 Å². The van der Waals surface area contributed by atoms with Gasteiger partial charge < -0.3 is 10.0 Å². The van der Waals surface area contributed by atoms with E-state index in [1.165, 1.54) is 36.0 Å². The van der Waals surface area contributed by atoms with Crippen molar-refractivity contribution in [3.63, 3.8) is 0 Å². The summed E-state index contributed by atoms with van der Waals surface area (Å²) in [6, 6.07) is 6.79. The van der Waals surface area contributed by atoms with Crippen LogP contribution < -0.4 is 4.90 Å². The first-order valence-electron chi connectivity index (χ1n) is 8.56. The zero-order chi connectivity index (χ0) is 17.4. The van der Waals surface area contributed by atoms with E-state index in [0.717, 1.165) is 28.0 Å². The van der Waals surface area contributed by atoms with E-state index in [9.17, 15) is 5.11 Å². The zero-order valence-electron chi connectivity index (χ0n) is 14.1. The molecule has 0 saturated heterocycles. The molecule has 4 nitrogen and oxygen atoms in total. The predicted molar refractivity (Wildman–Crippen MR) is 105 cm³/mol. The molecule has 0 saturated carbocycles. The maximum Gasteiger partial charge on any atom is 0.225 e. The van der Waals surface area contributed by atoms with Crippen molar-refractivity contribution < 1.29 is 5.11 Å². The summed E-state index contributed by atoms with van der Waals surface area (Å²) < 4.78 is 0. The summed E-state index contributed by atoms with van der Waals surface area (Å²) >= 11 is 7.70. The Labute approximate surface area is 156 Å². The quantitative estimate of drug-likeness (QED) is 0.692. The smallest absolute Gasteiger partial charge is 0.225 e. The van der Waals surface area contributed by atoms with Gasteiger partial charge in [-0.05, 0) is 54.0 Å². The van der Waals surface area contributed by atoms with E-state index in [1.54, 1.807) is 11.3 Å². The van der Waals surface area contributed by atoms with Gasteiger partial charge in [0.2, 0.25) is 5.28 Å². The molecule has 0 aliphatic heterocycles. The third-order valence-electron chi connectivity index (χ3n) is 4.84. The standard InChI is InChI=1S/C19H20ClN3OS/c1-23(8-9-24)17-16-15(11-25-18(16)22-19(20)21-17)14-7-6-12-4-2-3-5-13(12)10-14/h6-7,10-11,24H,2-5,8-9H2,1H3. The first kappa shape index (κ1) is 16.8. The van der Waals surface area contributed by atoms with Gasteiger partial charge in [-0.25, -0.2) is 4.98 Å². The number of likely N-dealkylation sites (N-methyl/N-ethyl adjacent to an activating group) is 1. The molecule has 1 aromatic carbocycles. The predicted octanol–water partition coefficient (Wildman–Crippen LogP) is 4.32. The molecule has 1 aliphatic carbocycles. The number of aliphatic hydroxyl groups is 1. The highest BCUT2D eigenvalue weighted by atomic mass is 35.5. The number of aromatic nitrogens is 2. The highest BCUT2D eigenvalue weighted by Crippen LogP contribution is 2.39. The van der Waals surface area contributed by atoms with Gasteiger partial charge in [-0.15, -0.1) is 11.3 Å². The maximum atomic E-state index is 9.29. The molecular weight excluding hydrogens is 354 g/mol. The summed E-state index contributed by atoms with van der Waals surface area (Å²) in [5.74, 6) is 0.776. The number of nitrogens with zero attached hydrogens (tertiary/aromatic N) is 3. The fraction of sp³-hybridized carbons (Fsp3) is 0.368. The van der Waals surface area contributed by atoms with Gasteiger partial charge in [0, 0.05) is 24.5 Å². The minimum atomic E-state index is 0.0674. The summed E-state index contributed by atoms with van der Waals surface area (Å²) in [6.45, 7) is 0.569. The summed E-state index contributed by atoms with van der Waals surface area (Å²) in [6.07, 6.45) is 4.90. The number of fused-ring (bicyclic) bond motifs is 2. The van der Waals surface area contributed by atoms with E-state index in [2.05, 4.69) is 33.5 Å². The molecule has 0 atom stereocenters. The molecule has 6 heteroatoms. The van der Waals surface area contributed by atoms with Gasteiger partial charge in [0.15, 0.2) is 0 Å². The molecule has 3 aromatic rings. The van der Waals surface area contributed by atoms with Crippen molar-refractivity contribution in [2.75, 3.05) is 25.1 Å². The Morgan fingerprint density at radius 2 is 2.00 bits per heavy atom. The Morgan fingerprint density at radius 1 is 1.20 bits per heavy atom. The van der Waals surface area contributed by atoms with Crippen molar-refractivity contribution >= 4 is 39.0 Å². The number of aliphatic hydroxyl groups excluding tert-OH is 1. The fourth-order valence-electron chi connectivity index (χ4n) is 3.54. The van der Waals surface area contributed by atoms with E-state index in [1.807, 2.05) is 11.9 Å². The third-order valence-corrected chi connectivity index (χ3v) is 5.88. The van der Waals surface area contributed by atoms with Crippen molar-refractivity contribution in [2.24, 2.45) is 0 Å². The second kappa shape index (κ2) is 6.90. The molecule has 4 rings (SSSR count). The van der Waals surface area contributed by atoms with Gasteiger partial charge in [-0.2, -0.15) is 4.98 Å². The lowest BCUT2D eigenvalue weighted by Crippen LogP contribution is -2.22. The number of halogens is 1. The summed E-state index contributed by atoms with van der Waals surface area (Å²) in [5, 5.41) is 12.7. The van der Waals surface area contributed by atoms with Crippen molar-refractivity contribution in [3.8, 4) is 11.1 Å². The summed E-state index contributed by atoms with van der Waals surface area (Å²) in [7, 11) is 1.92. The van der Waals surface area contributed by atoms with Gasteiger partial charge >= 0.3 is 0 Å². The number of hydrogen-bond donors (Lipinski definition) is 1. The Balaban J connectivity index is 1.88. The highest BCUT2D eigenvalue weighted by Gasteiger charge is 2.18. The number of rotatable bonds is 4. The highest BCUT2D eigenvalue weighted by molar-refractivity contribution is 7.17. The summed E-state index contributed by atoms with van der Waals surface area (Å²) in [4.78, 5) is 11.7. The minimum Gasteiger partial charge on any atom is -0.395 e. The topological polar surface area (TPSA) is 49.2 Å². The average Bonchev–Trinajstić information content (AvgIpc) is 3.04. The van der Waals surface area contributed by atoms with Crippen molar-refractivity contribution in [1.82, 2.24) is 9.97 Å². The summed E-state index contributed by atoms with van der Waals surface area (Å²) in [5.41, 5.74) is 5.29. The number of aryl methyl sites for hydroxylation is 2. The van der Waals surface area contributed by atoms with Crippen LogP contribution >= 0.6 is 22.9 Å². The van der Waals surface area contributed by atoms with Crippen LogP contribution in [0.2, 0.25) is 5.28 Å². The minimum absolute atomic E-state index is 0.0674. The Bertz CT molecular complexity index is 924. The van der Waals surface area contributed by atoms with Crippen molar-refractivity contribution in [3.05, 3.63) is 40.0 Å². The van der Waals surface area contributed by atoms with Crippen LogP contribution in [0.25, 0.3) is 21.3 Å². The van der Waals surface area contributed by atoms with E-state index in [4.69, 9.17) is 11.6 Å². The lowest BCUT2D eigenvalue weighted by atomic mass is 9.89. The van der Waals surface area contributed by atoms with Crippen molar-refractivity contribution in [1.29, 1.82) is 0 Å². The van der Waals surface area contributed by atoms with Crippen LogP contribution in [0.15, 0.2) is 23.6 Å². The van der Waals surface area contributed by atoms with E-state index < -0.39 is 0 Å². The van der Waals surface area contributed by atoms with Crippen molar-refractivity contribution in [2.45, 2.75) is 25.7 Å². The normalized spacial score (nSPS) is 13.9. The molecule has 25 heavy (non-hydrogen) atoms. The van der Waals surface area contributed by atoms with Gasteiger partial charge in [-0.1, -0.05) is 18.2 Å². The van der Waals surface area contributed by atoms with E-state index >= 15 is 0 Å². The lowest BCUT2D eigenvalue weighted by Gasteiger charge is -2.19. The molecule has 0 spiro atoms. The monoisotopic (exact) mass is 373 g/mol. The molecule has 0 fully saturated rings. The van der Waals surface area contributed by atoms with Crippen LogP contribution in [-0.2, 0) is 12.8 Å². The Morgan fingerprint density at radius 3 is 2.80 bits per heavy atom. The van der Waals surface area contributed by atoms with Gasteiger partial charge in [0.25, 0.3) is 0 Å². The molecule has 1 aliphatic rings. The number of thiophene rings is 1. The fourth-order valence-corrected chi connectivity index (χ4v) is 4.70. The van der Waals surface area contributed by atoms with Crippen LogP contribution in [0, 0.1) is 0 Å². The molecule has 0 bridgehead atoms. The van der Waals surface area contributed by atoms with Crippen LogP contribution in [0.5, 0.6) is 0 Å². The first-order chi connectivity index (χ1) is 12.2. The molecule has 0 amide bonds. The third kappa shape index (κ3) is 3.12. The molecule has 0 unspecified atom stereocenters. The number of hydrogen-bond acceptors (Lipinski definition) is 5. The Hall–Kier alpha value is -1.69. The largest absolute Gasteiger partial charge is 0.395 e. The van der Waals surface area contributed by atoms with E-state index in [0.29, 0.717) is 6.54 Å². The SMILES string of the molecule is CN(CCO)c1nc(Cl)nc2scc(-c3ccc4c(c3)CCCC4)c12. The van der Waals surface area contributed by atoms with Gasteiger partial charge in [0.05, 0.1) is 12.0 Å². The maximum absolute atomic E-state index is 9.29. The lowest BCUT2D eigenvalue weighted by molar-refractivity contribution is 0.304. The Kier molecular flexibility index (Phi) is 4.63. The molecule has 2 aromatic heterocycles. The molecule has 0 radical (unpaired) electrons. The molecule has 2 heterocycles. The first-order valence-corrected chi connectivity index (χ1v) is 9.82. The second-order valence-electron chi connectivity index (χ2n) is 6.48. The van der Waals surface area contributed by atoms with Gasteiger partial charge in [-0.3, -0.25) is 0 Å². The van der Waals surface area contributed by atoms with Gasteiger partial charge in [0.1, 0.15) is 10.6 Å². The molecule has 130 valence electrons. The van der Waals surface area contributed by atoms with Crippen LogP contribution in [0.4, 0.5) is 5.82 Å². The number of anilines is 1. The van der Waals surface area contributed by atoms with E-state index in [-0.39, 0.29) is 11.9 Å². The van der Waals surface area contributed by atoms with Crippen LogP contribution in [0.1, 0.15) is 24.0 Å². The zero-order valence-corrected chi connectivity index (χ0v) is 15.7. The number of benzene rings is 1. The second-order valence-corrected chi connectivity index (χ2v) is 7.68. The van der Waals surface area contributed by atoms with Crippen LogP contribution in [-0.4, -0.2) is 35.3 Å². The molecule has 1 N–H and O–H groups in total. The average molecular weight is 374 g/mol. The molecular formula is C19H20ClN3OS.